The number of ether oxygens (including phenoxy) is 1. The van der Waals surface area contributed by atoms with Crippen LogP contribution in [0.1, 0.15) is 6.92 Å². The Hall–Kier alpha value is -2.03. The maximum absolute atomic E-state index is 11.1. The van der Waals surface area contributed by atoms with Crippen LogP contribution in [-0.2, 0) is 16.1 Å². The van der Waals surface area contributed by atoms with Crippen LogP contribution in [0.2, 0.25) is 0 Å². The fourth-order valence-corrected chi connectivity index (χ4v) is 1.04. The monoisotopic (exact) mass is 230 g/mol. The van der Waals surface area contributed by atoms with E-state index in [1.807, 2.05) is 0 Å². The van der Waals surface area contributed by atoms with E-state index >= 15 is 0 Å². The molecule has 1 aromatic heterocycles. The first-order valence-electron chi connectivity index (χ1n) is 4.21. The van der Waals surface area contributed by atoms with Gasteiger partial charge in [0.05, 0.1) is 13.7 Å². The third kappa shape index (κ3) is 2.51. The van der Waals surface area contributed by atoms with E-state index in [1.165, 1.54) is 6.92 Å². The zero-order valence-corrected chi connectivity index (χ0v) is 8.65. The van der Waals surface area contributed by atoms with Crippen LogP contribution in [0.15, 0.2) is 6.33 Å². The average molecular weight is 230 g/mol. The minimum atomic E-state index is -1.81. The van der Waals surface area contributed by atoms with Crippen LogP contribution in [0.5, 0.6) is 0 Å². The summed E-state index contributed by atoms with van der Waals surface area (Å²) >= 11 is 0. The van der Waals surface area contributed by atoms with Gasteiger partial charge in [-0.1, -0.05) is 4.98 Å². The summed E-state index contributed by atoms with van der Waals surface area (Å²) in [5.41, 5.74) is -1.81. The van der Waals surface area contributed by atoms with E-state index < -0.39 is 22.4 Å². The Morgan fingerprint density at radius 2 is 2.44 bits per heavy atom. The summed E-state index contributed by atoms with van der Waals surface area (Å²) in [6.45, 7) is 0.937. The van der Waals surface area contributed by atoms with Gasteiger partial charge in [-0.15, -0.1) is 0 Å². The molecule has 0 radical (unpaired) electrons. The summed E-state index contributed by atoms with van der Waals surface area (Å²) < 4.78 is 5.35. The molecule has 0 amide bonds. The molecular formula is C7H10N4O5. The number of carbonyl (C=O) groups excluding carboxylic acids is 1. The van der Waals surface area contributed by atoms with Crippen molar-refractivity contribution in [3.8, 4) is 0 Å². The van der Waals surface area contributed by atoms with Gasteiger partial charge in [-0.3, -0.25) is 0 Å². The second-order valence-corrected chi connectivity index (χ2v) is 3.26. The molecule has 9 heteroatoms. The first-order chi connectivity index (χ1) is 7.36. The smallest absolute Gasteiger partial charge is 0.467 e. The van der Waals surface area contributed by atoms with Gasteiger partial charge in [-0.2, -0.15) is 4.68 Å². The number of nitro groups is 1. The zero-order chi connectivity index (χ0) is 12.3. The molecular weight excluding hydrogens is 220 g/mol. The van der Waals surface area contributed by atoms with Crippen LogP contribution < -0.4 is 0 Å². The number of esters is 1. The molecule has 9 nitrogen and oxygen atoms in total. The summed E-state index contributed by atoms with van der Waals surface area (Å²) in [5, 5.41) is 23.4. The molecule has 0 bridgehead atoms. The Kier molecular flexibility index (Phi) is 3.18. The first-order valence-corrected chi connectivity index (χ1v) is 4.21. The number of carbonyl (C=O) groups is 1. The lowest BCUT2D eigenvalue weighted by atomic mass is 10.1. The molecule has 0 aliphatic carbocycles. The Balaban J connectivity index is 2.80. The minimum Gasteiger partial charge on any atom is -0.467 e. The van der Waals surface area contributed by atoms with E-state index in [2.05, 4.69) is 14.8 Å². The highest BCUT2D eigenvalue weighted by Crippen LogP contribution is 2.10. The van der Waals surface area contributed by atoms with Gasteiger partial charge < -0.3 is 20.0 Å². The zero-order valence-electron chi connectivity index (χ0n) is 8.65. The van der Waals surface area contributed by atoms with E-state index in [4.69, 9.17) is 0 Å². The van der Waals surface area contributed by atoms with Crippen molar-refractivity contribution in [2.75, 3.05) is 7.11 Å². The Bertz CT molecular complexity index is 413. The number of aliphatic hydroxyl groups is 1. The standard InChI is InChI=1S/C7H10N4O5/c1-7(13,5(12)16-2)3-10-4-8-6(9-10)11(14)15/h4,13H,3H2,1-2H3. The highest BCUT2D eigenvalue weighted by atomic mass is 16.6. The highest BCUT2D eigenvalue weighted by Gasteiger charge is 2.34. The van der Waals surface area contributed by atoms with Crippen molar-refractivity contribution in [2.45, 2.75) is 19.1 Å². The molecule has 0 aromatic carbocycles. The van der Waals surface area contributed by atoms with Crippen LogP contribution in [0.4, 0.5) is 5.95 Å². The predicted molar refractivity (Wildman–Crippen MR) is 49.3 cm³/mol. The van der Waals surface area contributed by atoms with Gasteiger partial charge in [-0.25, -0.2) is 4.79 Å². The van der Waals surface area contributed by atoms with E-state index in [0.717, 1.165) is 18.1 Å². The van der Waals surface area contributed by atoms with E-state index in [-0.39, 0.29) is 6.54 Å². The SMILES string of the molecule is COC(=O)C(C)(O)Cn1cnc([N+](=O)[O-])n1. The molecule has 1 unspecified atom stereocenters. The lowest BCUT2D eigenvalue weighted by Gasteiger charge is -2.17. The molecule has 0 aliphatic heterocycles. The maximum Gasteiger partial charge on any atom is 0.490 e. The fourth-order valence-electron chi connectivity index (χ4n) is 1.04. The maximum atomic E-state index is 11.1. The summed E-state index contributed by atoms with van der Waals surface area (Å²) in [7, 11) is 1.13. The number of hydrogen-bond donors (Lipinski definition) is 1. The molecule has 1 aromatic rings. The minimum absolute atomic E-state index is 0.277. The molecule has 0 aliphatic rings. The molecule has 1 N–H and O–H groups in total. The number of aromatic nitrogens is 3. The number of methoxy groups -OCH3 is 1. The third-order valence-electron chi connectivity index (χ3n) is 1.78. The molecule has 16 heavy (non-hydrogen) atoms. The van der Waals surface area contributed by atoms with Crippen molar-refractivity contribution in [1.82, 2.24) is 14.8 Å². The van der Waals surface area contributed by atoms with E-state index in [0.29, 0.717) is 0 Å². The molecule has 1 atom stereocenters. The number of hydrogen-bond acceptors (Lipinski definition) is 7. The fraction of sp³-hybridized carbons (Fsp3) is 0.571. The van der Waals surface area contributed by atoms with E-state index in [9.17, 15) is 20.0 Å². The van der Waals surface area contributed by atoms with Crippen molar-refractivity contribution in [3.63, 3.8) is 0 Å². The van der Waals surface area contributed by atoms with Gasteiger partial charge in [0.25, 0.3) is 0 Å². The van der Waals surface area contributed by atoms with Crippen molar-refractivity contribution in [2.24, 2.45) is 0 Å². The molecule has 88 valence electrons. The van der Waals surface area contributed by atoms with Crippen LogP contribution in [-0.4, -0.2) is 43.5 Å². The quantitative estimate of drug-likeness (QED) is 0.404. The number of nitrogens with zero attached hydrogens (tertiary/aromatic N) is 4. The Labute approximate surface area is 89.8 Å². The van der Waals surface area contributed by atoms with Gasteiger partial charge in [0.15, 0.2) is 5.60 Å². The van der Waals surface area contributed by atoms with Crippen LogP contribution in [0.3, 0.4) is 0 Å². The van der Waals surface area contributed by atoms with Crippen LogP contribution >= 0.6 is 0 Å². The molecule has 0 spiro atoms. The second kappa shape index (κ2) is 4.23. The summed E-state index contributed by atoms with van der Waals surface area (Å²) in [6, 6.07) is 0. The second-order valence-electron chi connectivity index (χ2n) is 3.26. The predicted octanol–water partition coefficient (Wildman–Crippen LogP) is -0.890. The molecule has 1 rings (SSSR count). The normalized spacial score (nSPS) is 14.2. The summed E-state index contributed by atoms with van der Waals surface area (Å²) in [5.74, 6) is -1.45. The summed E-state index contributed by atoms with van der Waals surface area (Å²) in [4.78, 5) is 24.0. The topological polar surface area (TPSA) is 120 Å². The van der Waals surface area contributed by atoms with Crippen LogP contribution in [0, 0.1) is 10.1 Å². The van der Waals surface area contributed by atoms with Gasteiger partial charge in [0.1, 0.15) is 0 Å². The number of rotatable bonds is 4. The van der Waals surface area contributed by atoms with Gasteiger partial charge in [0.2, 0.25) is 6.33 Å². The van der Waals surface area contributed by atoms with Crippen LogP contribution in [0.25, 0.3) is 0 Å². The van der Waals surface area contributed by atoms with Crippen molar-refractivity contribution in [1.29, 1.82) is 0 Å². The molecule has 0 saturated heterocycles. The van der Waals surface area contributed by atoms with E-state index in [1.54, 1.807) is 0 Å². The third-order valence-corrected chi connectivity index (χ3v) is 1.78. The summed E-state index contributed by atoms with van der Waals surface area (Å²) in [6.07, 6.45) is 1.05. The van der Waals surface area contributed by atoms with Crippen molar-refractivity contribution < 1.29 is 19.6 Å². The van der Waals surface area contributed by atoms with Gasteiger partial charge >= 0.3 is 11.9 Å². The largest absolute Gasteiger partial charge is 0.490 e. The lowest BCUT2D eigenvalue weighted by Crippen LogP contribution is -2.40. The Morgan fingerprint density at radius 3 is 2.88 bits per heavy atom. The van der Waals surface area contributed by atoms with Crippen molar-refractivity contribution >= 4 is 11.9 Å². The Morgan fingerprint density at radius 1 is 1.81 bits per heavy atom. The average Bonchev–Trinajstić information content (AvgIpc) is 2.64. The molecule has 0 saturated carbocycles. The molecule has 0 fully saturated rings. The van der Waals surface area contributed by atoms with Gasteiger partial charge in [-0.05, 0) is 11.8 Å². The highest BCUT2D eigenvalue weighted by molar-refractivity contribution is 5.78. The molecule has 1 heterocycles. The van der Waals surface area contributed by atoms with Gasteiger partial charge in [0, 0.05) is 5.10 Å². The lowest BCUT2D eigenvalue weighted by molar-refractivity contribution is -0.394. The van der Waals surface area contributed by atoms with Crippen molar-refractivity contribution in [3.05, 3.63) is 16.4 Å². The first kappa shape index (κ1) is 12.0.